The third-order valence-electron chi connectivity index (χ3n) is 5.67. The van der Waals surface area contributed by atoms with Gasteiger partial charge in [0.25, 0.3) is 21.8 Å². The number of nitrogens with one attached hydrogen (secondary N) is 2. The van der Waals surface area contributed by atoms with Gasteiger partial charge >= 0.3 is 0 Å². The Bertz CT molecular complexity index is 1730. The number of amides is 2. The summed E-state index contributed by atoms with van der Waals surface area (Å²) in [5, 5.41) is 3.12. The Hall–Kier alpha value is -3.22. The molecule has 3 aromatic carbocycles. The highest BCUT2D eigenvalue weighted by molar-refractivity contribution is 9.10. The number of nitrogens with zero attached hydrogens (tertiary/aromatic N) is 1. The van der Waals surface area contributed by atoms with Gasteiger partial charge in [-0.1, -0.05) is 57.0 Å². The standard InChI is InChI=1S/C27H18BrCl2N3O5S2/c28-16-6-8-17(9-7-16)31-24-25(27(35)33(26(24)34)15-19-3-2-14-38-19)39-20-12-10-18(11-13-20)32-40(36,37)22-5-1-4-21(29)23(22)30/h1-14,31-32H,15H2. The van der Waals surface area contributed by atoms with E-state index in [1.54, 1.807) is 48.5 Å². The molecule has 13 heteroatoms. The van der Waals surface area contributed by atoms with E-state index < -0.39 is 21.8 Å². The number of carbonyl (C=O) groups is 2. The molecule has 2 N–H and O–H groups in total. The summed E-state index contributed by atoms with van der Waals surface area (Å²) in [5.41, 5.74) is 1.03. The maximum absolute atomic E-state index is 13.4. The van der Waals surface area contributed by atoms with E-state index >= 15 is 0 Å². The summed E-state index contributed by atoms with van der Waals surface area (Å²) in [7, 11) is -4.01. The molecule has 2 heterocycles. The predicted molar refractivity (Wildman–Crippen MR) is 159 cm³/mol. The first-order chi connectivity index (χ1) is 19.1. The number of hydrogen-bond donors (Lipinski definition) is 2. The van der Waals surface area contributed by atoms with Crippen LogP contribution in [0.25, 0.3) is 0 Å². The monoisotopic (exact) mass is 677 g/mol. The van der Waals surface area contributed by atoms with Gasteiger partial charge in [-0.05, 0) is 72.8 Å². The number of rotatable bonds is 9. The molecule has 0 atom stereocenters. The Labute approximate surface area is 252 Å². The lowest BCUT2D eigenvalue weighted by Crippen LogP contribution is -2.31. The summed E-state index contributed by atoms with van der Waals surface area (Å²) in [6.45, 7) is -0.0208. The number of imide groups is 1. The van der Waals surface area contributed by atoms with Gasteiger partial charge in [0, 0.05) is 20.7 Å². The maximum Gasteiger partial charge on any atom is 0.278 e. The van der Waals surface area contributed by atoms with Crippen LogP contribution in [0.3, 0.4) is 0 Å². The second kappa shape index (κ2) is 11.7. The molecule has 0 saturated heterocycles. The minimum Gasteiger partial charge on any atom is -0.467 e. The first kappa shape index (κ1) is 28.3. The van der Waals surface area contributed by atoms with Crippen LogP contribution in [0.15, 0.2) is 114 Å². The van der Waals surface area contributed by atoms with Crippen molar-refractivity contribution in [3.8, 4) is 0 Å². The minimum atomic E-state index is -4.01. The molecule has 0 spiro atoms. The van der Waals surface area contributed by atoms with Crippen LogP contribution in [-0.2, 0) is 26.2 Å². The summed E-state index contributed by atoms with van der Waals surface area (Å²) in [6.07, 6.45) is 1.47. The Morgan fingerprint density at radius 2 is 1.57 bits per heavy atom. The highest BCUT2D eigenvalue weighted by Gasteiger charge is 2.39. The molecule has 8 nitrogen and oxygen atoms in total. The Balaban J connectivity index is 1.39. The van der Waals surface area contributed by atoms with Crippen molar-refractivity contribution >= 4 is 84.1 Å². The number of anilines is 2. The Morgan fingerprint density at radius 1 is 0.875 bits per heavy atom. The van der Waals surface area contributed by atoms with Gasteiger partial charge in [0.2, 0.25) is 0 Å². The highest BCUT2D eigenvalue weighted by atomic mass is 79.9. The highest BCUT2D eigenvalue weighted by Crippen LogP contribution is 2.37. The average Bonchev–Trinajstić information content (AvgIpc) is 3.51. The van der Waals surface area contributed by atoms with Crippen LogP contribution in [-0.4, -0.2) is 25.1 Å². The molecule has 40 heavy (non-hydrogen) atoms. The molecular weight excluding hydrogens is 661 g/mol. The molecule has 0 saturated carbocycles. The van der Waals surface area contributed by atoms with Gasteiger partial charge in [0.15, 0.2) is 0 Å². The molecule has 1 aliphatic heterocycles. The molecule has 5 rings (SSSR count). The van der Waals surface area contributed by atoms with E-state index in [2.05, 4.69) is 26.0 Å². The fourth-order valence-electron chi connectivity index (χ4n) is 3.75. The van der Waals surface area contributed by atoms with Crippen molar-refractivity contribution in [3.63, 3.8) is 0 Å². The molecule has 0 unspecified atom stereocenters. The van der Waals surface area contributed by atoms with E-state index in [9.17, 15) is 18.0 Å². The molecule has 1 aromatic heterocycles. The van der Waals surface area contributed by atoms with Crippen molar-refractivity contribution in [1.29, 1.82) is 0 Å². The lowest BCUT2D eigenvalue weighted by Gasteiger charge is -2.13. The normalized spacial score (nSPS) is 13.7. The topological polar surface area (TPSA) is 109 Å². The molecule has 0 aliphatic carbocycles. The van der Waals surface area contributed by atoms with Crippen LogP contribution in [0.5, 0.6) is 0 Å². The van der Waals surface area contributed by atoms with E-state index in [1.807, 2.05) is 12.1 Å². The molecule has 1 aliphatic rings. The number of furan rings is 1. The summed E-state index contributed by atoms with van der Waals surface area (Å²) < 4.78 is 34.4. The fraction of sp³-hybridized carbons (Fsp3) is 0.0370. The Morgan fingerprint density at radius 3 is 2.25 bits per heavy atom. The van der Waals surface area contributed by atoms with Crippen molar-refractivity contribution in [2.75, 3.05) is 10.0 Å². The van der Waals surface area contributed by atoms with Gasteiger partial charge in [0.1, 0.15) is 21.3 Å². The van der Waals surface area contributed by atoms with E-state index in [0.29, 0.717) is 16.3 Å². The molecule has 0 bridgehead atoms. The second-order valence-electron chi connectivity index (χ2n) is 8.40. The van der Waals surface area contributed by atoms with Crippen molar-refractivity contribution in [1.82, 2.24) is 4.90 Å². The van der Waals surface area contributed by atoms with Crippen molar-refractivity contribution < 1.29 is 22.4 Å². The van der Waals surface area contributed by atoms with Crippen LogP contribution < -0.4 is 10.0 Å². The molecule has 2 amide bonds. The SMILES string of the molecule is O=C1C(Nc2ccc(Br)cc2)=C(Sc2ccc(NS(=O)(=O)c3cccc(Cl)c3Cl)cc2)C(=O)N1Cc1ccco1. The zero-order valence-electron chi connectivity index (χ0n) is 20.2. The summed E-state index contributed by atoms with van der Waals surface area (Å²) in [6, 6.07) is 21.2. The number of hydrogen-bond acceptors (Lipinski definition) is 7. The first-order valence-corrected chi connectivity index (χ1v) is 15.4. The van der Waals surface area contributed by atoms with Crippen molar-refractivity contribution in [2.45, 2.75) is 16.3 Å². The van der Waals surface area contributed by atoms with E-state index in [1.165, 1.54) is 24.5 Å². The molecule has 0 fully saturated rings. The van der Waals surface area contributed by atoms with E-state index in [4.69, 9.17) is 27.6 Å². The van der Waals surface area contributed by atoms with Gasteiger partial charge in [-0.15, -0.1) is 0 Å². The van der Waals surface area contributed by atoms with Crippen molar-refractivity contribution in [2.24, 2.45) is 0 Å². The quantitative estimate of drug-likeness (QED) is 0.181. The van der Waals surface area contributed by atoms with E-state index in [0.717, 1.165) is 21.1 Å². The van der Waals surface area contributed by atoms with Gasteiger partial charge in [-0.2, -0.15) is 0 Å². The molecule has 204 valence electrons. The summed E-state index contributed by atoms with van der Waals surface area (Å²) >= 11 is 16.5. The number of sulfonamides is 1. The maximum atomic E-state index is 13.4. The second-order valence-corrected chi connectivity index (χ2v) is 12.8. The van der Waals surface area contributed by atoms with Crippen LogP contribution in [0.2, 0.25) is 10.0 Å². The predicted octanol–water partition coefficient (Wildman–Crippen LogP) is 7.13. The van der Waals surface area contributed by atoms with E-state index in [-0.39, 0.29) is 37.8 Å². The molecular formula is C27H18BrCl2N3O5S2. The fourth-order valence-corrected chi connectivity index (χ4v) is 6.78. The zero-order valence-corrected chi connectivity index (χ0v) is 25.0. The van der Waals surface area contributed by atoms with Gasteiger partial charge in [0.05, 0.1) is 22.9 Å². The lowest BCUT2D eigenvalue weighted by molar-refractivity contribution is -0.138. The number of thioether (sulfide) groups is 1. The minimum absolute atomic E-state index is 0.0208. The van der Waals surface area contributed by atoms with Crippen LogP contribution in [0, 0.1) is 0 Å². The van der Waals surface area contributed by atoms with Gasteiger partial charge in [-0.25, -0.2) is 8.42 Å². The first-order valence-electron chi connectivity index (χ1n) is 11.5. The van der Waals surface area contributed by atoms with Crippen molar-refractivity contribution in [3.05, 3.63) is 116 Å². The van der Waals surface area contributed by atoms with Gasteiger partial charge < -0.3 is 9.73 Å². The largest absolute Gasteiger partial charge is 0.467 e. The summed E-state index contributed by atoms with van der Waals surface area (Å²) in [5.74, 6) is -0.506. The summed E-state index contributed by atoms with van der Waals surface area (Å²) in [4.78, 5) is 28.5. The third kappa shape index (κ3) is 6.08. The van der Waals surface area contributed by atoms with Crippen LogP contribution in [0.4, 0.5) is 11.4 Å². The number of halogens is 3. The number of benzene rings is 3. The zero-order chi connectivity index (χ0) is 28.4. The third-order valence-corrected chi connectivity index (χ3v) is 9.64. The molecule has 4 aromatic rings. The van der Waals surface area contributed by atoms with Gasteiger partial charge in [-0.3, -0.25) is 19.2 Å². The number of carbonyl (C=O) groups excluding carboxylic acids is 2. The molecule has 0 radical (unpaired) electrons. The average molecular weight is 679 g/mol. The Kier molecular flexibility index (Phi) is 8.29. The lowest BCUT2D eigenvalue weighted by atomic mass is 10.3. The van der Waals surface area contributed by atoms with Crippen LogP contribution >= 0.6 is 50.9 Å². The smallest absolute Gasteiger partial charge is 0.278 e. The van der Waals surface area contributed by atoms with Crippen LogP contribution in [0.1, 0.15) is 5.76 Å².